The van der Waals surface area contributed by atoms with Gasteiger partial charge in [0, 0.05) is 5.92 Å². The molecule has 1 amide bonds. The molecule has 2 rings (SSSR count). The van der Waals surface area contributed by atoms with Crippen molar-refractivity contribution in [1.82, 2.24) is 5.32 Å². The van der Waals surface area contributed by atoms with Crippen molar-refractivity contribution in [3.63, 3.8) is 0 Å². The van der Waals surface area contributed by atoms with Crippen molar-refractivity contribution in [1.29, 1.82) is 0 Å². The van der Waals surface area contributed by atoms with Gasteiger partial charge >= 0.3 is 0 Å². The van der Waals surface area contributed by atoms with Crippen molar-refractivity contribution < 1.29 is 9.53 Å². The van der Waals surface area contributed by atoms with E-state index in [-0.39, 0.29) is 17.2 Å². The highest BCUT2D eigenvalue weighted by Gasteiger charge is 2.21. The Hall–Kier alpha value is -1.51. The molecule has 0 radical (unpaired) electrons. The summed E-state index contributed by atoms with van der Waals surface area (Å²) in [6.07, 6.45) is 5.73. The maximum Gasteiger partial charge on any atom is 0.223 e. The van der Waals surface area contributed by atoms with Crippen LogP contribution in [0, 0.1) is 5.92 Å². The molecule has 3 heteroatoms. The number of benzene rings is 1. The Morgan fingerprint density at radius 1 is 1.18 bits per heavy atom. The van der Waals surface area contributed by atoms with E-state index in [2.05, 4.69) is 32.2 Å². The van der Waals surface area contributed by atoms with Crippen molar-refractivity contribution in [2.24, 2.45) is 5.92 Å². The Morgan fingerprint density at radius 2 is 1.86 bits per heavy atom. The third kappa shape index (κ3) is 4.75. The number of rotatable bonds is 5. The van der Waals surface area contributed by atoms with E-state index in [9.17, 15) is 4.79 Å². The van der Waals surface area contributed by atoms with Crippen LogP contribution in [-0.4, -0.2) is 19.1 Å². The summed E-state index contributed by atoms with van der Waals surface area (Å²) >= 11 is 0. The lowest BCUT2D eigenvalue weighted by Crippen LogP contribution is -2.34. The van der Waals surface area contributed by atoms with Gasteiger partial charge in [-0.05, 0) is 29.9 Å². The Labute approximate surface area is 134 Å². The molecule has 1 aromatic carbocycles. The highest BCUT2D eigenvalue weighted by atomic mass is 16.5. The van der Waals surface area contributed by atoms with Crippen LogP contribution in [0.1, 0.15) is 58.4 Å². The first-order valence-electron chi connectivity index (χ1n) is 8.48. The first-order chi connectivity index (χ1) is 10.5. The number of hydrogen-bond acceptors (Lipinski definition) is 2. The zero-order valence-electron chi connectivity index (χ0n) is 14.2. The number of ether oxygens (including phenoxy) is 1. The van der Waals surface area contributed by atoms with Crippen LogP contribution in [0.4, 0.5) is 0 Å². The summed E-state index contributed by atoms with van der Waals surface area (Å²) in [5.74, 6) is 1.34. The molecule has 1 N–H and O–H groups in total. The molecule has 122 valence electrons. The Kier molecular flexibility index (Phi) is 5.87. The van der Waals surface area contributed by atoms with Gasteiger partial charge in [0.05, 0.1) is 6.54 Å². The van der Waals surface area contributed by atoms with E-state index < -0.39 is 0 Å². The van der Waals surface area contributed by atoms with Crippen molar-refractivity contribution in [2.75, 3.05) is 13.2 Å². The van der Waals surface area contributed by atoms with Gasteiger partial charge in [0.25, 0.3) is 0 Å². The van der Waals surface area contributed by atoms with E-state index in [1.54, 1.807) is 0 Å². The van der Waals surface area contributed by atoms with Crippen LogP contribution < -0.4 is 10.1 Å². The van der Waals surface area contributed by atoms with Crippen LogP contribution >= 0.6 is 0 Å². The van der Waals surface area contributed by atoms with Crippen LogP contribution in [0.2, 0.25) is 0 Å². The van der Waals surface area contributed by atoms with E-state index in [1.807, 2.05) is 18.2 Å². The normalized spacial score (nSPS) is 16.3. The summed E-state index contributed by atoms with van der Waals surface area (Å²) in [5.41, 5.74) is 1.26. The van der Waals surface area contributed by atoms with Gasteiger partial charge in [-0.25, -0.2) is 0 Å². The lowest BCUT2D eigenvalue weighted by atomic mass is 9.86. The summed E-state index contributed by atoms with van der Waals surface area (Å²) < 4.78 is 5.89. The molecule has 0 heterocycles. The monoisotopic (exact) mass is 303 g/mol. The number of carbonyl (C=O) groups excluding carboxylic acids is 1. The van der Waals surface area contributed by atoms with E-state index in [0.29, 0.717) is 13.2 Å². The standard InChI is InChI=1S/C19H29NO2/c1-19(2,3)16-11-7-8-12-17(16)22-14-13-20-18(21)15-9-5-4-6-10-15/h7-8,11-12,15H,4-6,9-10,13-14H2,1-3H3,(H,20,21). The summed E-state index contributed by atoms with van der Waals surface area (Å²) in [6.45, 7) is 7.64. The zero-order chi connectivity index (χ0) is 16.0. The Bertz CT molecular complexity index is 484. The fourth-order valence-corrected chi connectivity index (χ4v) is 3.06. The molecule has 0 aromatic heterocycles. The molecule has 0 spiro atoms. The van der Waals surface area contributed by atoms with Crippen molar-refractivity contribution in [3.05, 3.63) is 29.8 Å². The molecule has 0 bridgehead atoms. The number of amides is 1. The largest absolute Gasteiger partial charge is 0.491 e. The lowest BCUT2D eigenvalue weighted by Gasteiger charge is -2.23. The van der Waals surface area contributed by atoms with Gasteiger partial charge in [-0.1, -0.05) is 58.2 Å². The maximum absolute atomic E-state index is 12.1. The van der Waals surface area contributed by atoms with Gasteiger partial charge in [-0.15, -0.1) is 0 Å². The summed E-state index contributed by atoms with van der Waals surface area (Å²) in [4.78, 5) is 12.1. The molecule has 22 heavy (non-hydrogen) atoms. The lowest BCUT2D eigenvalue weighted by molar-refractivity contribution is -0.126. The molecule has 1 aliphatic rings. The van der Waals surface area contributed by atoms with E-state index in [0.717, 1.165) is 18.6 Å². The molecule has 1 aliphatic carbocycles. The number of para-hydroxylation sites is 1. The minimum atomic E-state index is 0.0575. The molecule has 1 saturated carbocycles. The number of nitrogens with one attached hydrogen (secondary N) is 1. The molecule has 1 aromatic rings. The smallest absolute Gasteiger partial charge is 0.223 e. The van der Waals surface area contributed by atoms with Gasteiger partial charge in [0.15, 0.2) is 0 Å². The van der Waals surface area contributed by atoms with Crippen molar-refractivity contribution in [3.8, 4) is 5.75 Å². The van der Waals surface area contributed by atoms with Gasteiger partial charge in [0.2, 0.25) is 5.91 Å². The summed E-state index contributed by atoms with van der Waals surface area (Å²) in [7, 11) is 0. The van der Waals surface area contributed by atoms with Crippen molar-refractivity contribution in [2.45, 2.75) is 58.3 Å². The molecule has 0 saturated heterocycles. The first kappa shape index (κ1) is 16.9. The second-order valence-electron chi connectivity index (χ2n) is 7.22. The summed E-state index contributed by atoms with van der Waals surface area (Å²) in [6, 6.07) is 8.14. The van der Waals surface area contributed by atoms with Crippen LogP contribution in [0.5, 0.6) is 5.75 Å². The minimum absolute atomic E-state index is 0.0575. The molecular formula is C19H29NO2. The predicted octanol–water partition coefficient (Wildman–Crippen LogP) is 4.06. The molecule has 3 nitrogen and oxygen atoms in total. The second kappa shape index (κ2) is 7.66. The maximum atomic E-state index is 12.1. The number of carbonyl (C=O) groups is 1. The van der Waals surface area contributed by atoms with Gasteiger partial charge in [0.1, 0.15) is 12.4 Å². The Balaban J connectivity index is 1.78. The SMILES string of the molecule is CC(C)(C)c1ccccc1OCCNC(=O)C1CCCCC1. The highest BCUT2D eigenvalue weighted by molar-refractivity contribution is 5.78. The zero-order valence-corrected chi connectivity index (χ0v) is 14.2. The van der Waals surface area contributed by atoms with Crippen LogP contribution in [0.15, 0.2) is 24.3 Å². The topological polar surface area (TPSA) is 38.3 Å². The molecule has 0 aliphatic heterocycles. The van der Waals surface area contributed by atoms with E-state index in [1.165, 1.54) is 24.8 Å². The Morgan fingerprint density at radius 3 is 2.55 bits per heavy atom. The van der Waals surface area contributed by atoms with Crippen LogP contribution in [0.25, 0.3) is 0 Å². The van der Waals surface area contributed by atoms with Gasteiger partial charge in [-0.2, -0.15) is 0 Å². The third-order valence-corrected chi connectivity index (χ3v) is 4.33. The average Bonchev–Trinajstić information content (AvgIpc) is 2.51. The average molecular weight is 303 g/mol. The third-order valence-electron chi connectivity index (χ3n) is 4.33. The van der Waals surface area contributed by atoms with Crippen molar-refractivity contribution >= 4 is 5.91 Å². The van der Waals surface area contributed by atoms with E-state index >= 15 is 0 Å². The predicted molar refractivity (Wildman–Crippen MR) is 90.2 cm³/mol. The molecule has 0 atom stereocenters. The quantitative estimate of drug-likeness (QED) is 0.833. The summed E-state index contributed by atoms with van der Waals surface area (Å²) in [5, 5.41) is 3.02. The fraction of sp³-hybridized carbons (Fsp3) is 0.632. The molecular weight excluding hydrogens is 274 g/mol. The van der Waals surface area contributed by atoms with Gasteiger partial charge in [-0.3, -0.25) is 4.79 Å². The van der Waals surface area contributed by atoms with Crippen LogP contribution in [-0.2, 0) is 10.2 Å². The minimum Gasteiger partial charge on any atom is -0.491 e. The fourth-order valence-electron chi connectivity index (χ4n) is 3.06. The van der Waals surface area contributed by atoms with E-state index in [4.69, 9.17) is 4.74 Å². The first-order valence-corrected chi connectivity index (χ1v) is 8.48. The molecule has 0 unspecified atom stereocenters. The van der Waals surface area contributed by atoms with Gasteiger partial charge < -0.3 is 10.1 Å². The molecule has 1 fully saturated rings. The van der Waals surface area contributed by atoms with Crippen LogP contribution in [0.3, 0.4) is 0 Å². The highest BCUT2D eigenvalue weighted by Crippen LogP contribution is 2.30. The number of hydrogen-bond donors (Lipinski definition) is 1. The second-order valence-corrected chi connectivity index (χ2v) is 7.22.